The van der Waals surface area contributed by atoms with Gasteiger partial charge in [-0.15, -0.1) is 0 Å². The van der Waals surface area contributed by atoms with Crippen LogP contribution in [0.4, 0.5) is 11.4 Å². The summed E-state index contributed by atoms with van der Waals surface area (Å²) in [6.07, 6.45) is 1.55. The van der Waals surface area contributed by atoms with E-state index in [2.05, 4.69) is 15.3 Å². The maximum Gasteiger partial charge on any atom is 0.148 e. The lowest BCUT2D eigenvalue weighted by Crippen LogP contribution is -1.91. The molecule has 1 N–H and O–H groups in total. The van der Waals surface area contributed by atoms with Gasteiger partial charge in [0.1, 0.15) is 5.15 Å². The summed E-state index contributed by atoms with van der Waals surface area (Å²) in [5.41, 5.74) is 3.61. The topological polar surface area (TPSA) is 37.8 Å². The smallest absolute Gasteiger partial charge is 0.148 e. The highest BCUT2D eigenvalue weighted by molar-refractivity contribution is 6.29. The van der Waals surface area contributed by atoms with E-state index in [0.717, 1.165) is 22.4 Å². The van der Waals surface area contributed by atoms with Crippen molar-refractivity contribution in [2.24, 2.45) is 0 Å². The van der Waals surface area contributed by atoms with Crippen LogP contribution in [0.15, 0.2) is 54.7 Å². The Hall–Kier alpha value is -2.13. The number of halogens is 1. The molecule has 0 fully saturated rings. The van der Waals surface area contributed by atoms with Gasteiger partial charge in [-0.05, 0) is 30.3 Å². The zero-order chi connectivity index (χ0) is 12.4. The summed E-state index contributed by atoms with van der Waals surface area (Å²) < 4.78 is 0. The number of para-hydroxylation sites is 1. The highest BCUT2D eigenvalue weighted by Crippen LogP contribution is 2.20. The summed E-state index contributed by atoms with van der Waals surface area (Å²) in [4.78, 5) is 8.45. The molecule has 1 heterocycles. The normalized spacial score (nSPS) is 10.5. The number of hydrogen-bond donors (Lipinski definition) is 1. The number of fused-ring (bicyclic) bond motifs is 1. The standard InChI is InChI=1S/C14H10ClN3/c15-14-9-16-12-7-6-11(8-13(12)18-14)17-10-4-2-1-3-5-10/h1-9,17H. The van der Waals surface area contributed by atoms with Crippen LogP contribution in [-0.4, -0.2) is 9.97 Å². The quantitative estimate of drug-likeness (QED) is 0.751. The van der Waals surface area contributed by atoms with Gasteiger partial charge in [-0.25, -0.2) is 4.98 Å². The van der Waals surface area contributed by atoms with Crippen molar-refractivity contribution in [3.63, 3.8) is 0 Å². The Morgan fingerprint density at radius 3 is 2.56 bits per heavy atom. The molecule has 4 heteroatoms. The van der Waals surface area contributed by atoms with Crippen LogP contribution in [0.2, 0.25) is 5.15 Å². The van der Waals surface area contributed by atoms with Crippen molar-refractivity contribution in [3.8, 4) is 0 Å². The van der Waals surface area contributed by atoms with Gasteiger partial charge in [0.15, 0.2) is 0 Å². The molecule has 0 unspecified atom stereocenters. The third-order valence-electron chi connectivity index (χ3n) is 2.58. The Morgan fingerprint density at radius 2 is 1.72 bits per heavy atom. The van der Waals surface area contributed by atoms with Crippen molar-refractivity contribution in [2.75, 3.05) is 5.32 Å². The first-order chi connectivity index (χ1) is 8.81. The molecule has 0 aliphatic carbocycles. The number of anilines is 2. The van der Waals surface area contributed by atoms with Crippen LogP contribution >= 0.6 is 11.6 Å². The van der Waals surface area contributed by atoms with Crippen LogP contribution < -0.4 is 5.32 Å². The second kappa shape index (κ2) is 4.63. The molecule has 0 saturated heterocycles. The fourth-order valence-electron chi connectivity index (χ4n) is 1.75. The first-order valence-electron chi connectivity index (χ1n) is 5.56. The minimum Gasteiger partial charge on any atom is -0.355 e. The first-order valence-corrected chi connectivity index (χ1v) is 5.93. The summed E-state index contributed by atoms with van der Waals surface area (Å²) in [6.45, 7) is 0. The molecule has 0 aliphatic rings. The van der Waals surface area contributed by atoms with E-state index in [4.69, 9.17) is 11.6 Å². The molecular formula is C14H10ClN3. The predicted molar refractivity (Wildman–Crippen MR) is 74.3 cm³/mol. The van der Waals surface area contributed by atoms with Crippen LogP contribution in [-0.2, 0) is 0 Å². The Morgan fingerprint density at radius 1 is 0.889 bits per heavy atom. The van der Waals surface area contributed by atoms with E-state index in [9.17, 15) is 0 Å². The molecule has 0 saturated carbocycles. The number of rotatable bonds is 2. The van der Waals surface area contributed by atoms with Crippen LogP contribution in [0.5, 0.6) is 0 Å². The summed E-state index contributed by atoms with van der Waals surface area (Å²) in [6, 6.07) is 15.8. The maximum absolute atomic E-state index is 5.84. The van der Waals surface area contributed by atoms with E-state index in [1.807, 2.05) is 48.5 Å². The fourth-order valence-corrected chi connectivity index (χ4v) is 1.89. The molecule has 0 amide bonds. The van der Waals surface area contributed by atoms with E-state index in [1.165, 1.54) is 0 Å². The van der Waals surface area contributed by atoms with Gasteiger partial charge in [0.25, 0.3) is 0 Å². The van der Waals surface area contributed by atoms with E-state index >= 15 is 0 Å². The van der Waals surface area contributed by atoms with E-state index in [-0.39, 0.29) is 0 Å². The van der Waals surface area contributed by atoms with Gasteiger partial charge in [0.05, 0.1) is 17.2 Å². The third kappa shape index (κ3) is 2.26. The zero-order valence-corrected chi connectivity index (χ0v) is 10.2. The largest absolute Gasteiger partial charge is 0.355 e. The van der Waals surface area contributed by atoms with Gasteiger partial charge in [-0.1, -0.05) is 29.8 Å². The minimum atomic E-state index is 0.402. The van der Waals surface area contributed by atoms with Crippen molar-refractivity contribution in [1.29, 1.82) is 0 Å². The van der Waals surface area contributed by atoms with E-state index in [1.54, 1.807) is 6.20 Å². The highest BCUT2D eigenvalue weighted by atomic mass is 35.5. The molecule has 3 nitrogen and oxygen atoms in total. The molecule has 0 aliphatic heterocycles. The van der Waals surface area contributed by atoms with Crippen LogP contribution in [0.3, 0.4) is 0 Å². The van der Waals surface area contributed by atoms with Crippen molar-refractivity contribution >= 4 is 34.0 Å². The molecule has 3 rings (SSSR count). The molecule has 0 bridgehead atoms. The fraction of sp³-hybridized carbons (Fsp3) is 0. The van der Waals surface area contributed by atoms with Crippen molar-refractivity contribution in [2.45, 2.75) is 0 Å². The summed E-state index contributed by atoms with van der Waals surface area (Å²) in [5.74, 6) is 0. The summed E-state index contributed by atoms with van der Waals surface area (Å²) in [7, 11) is 0. The first kappa shape index (κ1) is 11.0. The highest BCUT2D eigenvalue weighted by Gasteiger charge is 2.00. The molecule has 3 aromatic rings. The molecule has 0 spiro atoms. The summed E-state index contributed by atoms with van der Waals surface area (Å²) in [5, 5.41) is 3.71. The Bertz CT molecular complexity index is 683. The minimum absolute atomic E-state index is 0.402. The molecule has 0 atom stereocenters. The average molecular weight is 256 g/mol. The number of hydrogen-bond acceptors (Lipinski definition) is 3. The van der Waals surface area contributed by atoms with E-state index in [0.29, 0.717) is 5.15 Å². The molecule has 2 aromatic carbocycles. The molecular weight excluding hydrogens is 246 g/mol. The Balaban J connectivity index is 1.98. The van der Waals surface area contributed by atoms with Gasteiger partial charge < -0.3 is 5.32 Å². The lowest BCUT2D eigenvalue weighted by atomic mass is 10.2. The molecule has 1 aromatic heterocycles. The lowest BCUT2D eigenvalue weighted by molar-refractivity contribution is 1.29. The number of benzene rings is 2. The van der Waals surface area contributed by atoms with Crippen molar-refractivity contribution in [3.05, 3.63) is 59.9 Å². The molecule has 0 radical (unpaired) electrons. The van der Waals surface area contributed by atoms with Crippen LogP contribution in [0.25, 0.3) is 11.0 Å². The SMILES string of the molecule is Clc1cnc2ccc(Nc3ccccc3)cc2n1. The average Bonchev–Trinajstić information content (AvgIpc) is 2.39. The van der Waals surface area contributed by atoms with Gasteiger partial charge >= 0.3 is 0 Å². The Labute approximate surface area is 109 Å². The third-order valence-corrected chi connectivity index (χ3v) is 2.76. The second-order valence-electron chi connectivity index (χ2n) is 3.89. The second-order valence-corrected chi connectivity index (χ2v) is 4.27. The number of nitrogens with zero attached hydrogens (tertiary/aromatic N) is 2. The van der Waals surface area contributed by atoms with Gasteiger partial charge in [0.2, 0.25) is 0 Å². The van der Waals surface area contributed by atoms with Gasteiger partial charge in [0, 0.05) is 11.4 Å². The monoisotopic (exact) mass is 255 g/mol. The molecule has 88 valence electrons. The Kier molecular flexibility index (Phi) is 2.82. The summed E-state index contributed by atoms with van der Waals surface area (Å²) >= 11 is 5.84. The van der Waals surface area contributed by atoms with Gasteiger partial charge in [-0.2, -0.15) is 0 Å². The van der Waals surface area contributed by atoms with Gasteiger partial charge in [-0.3, -0.25) is 4.98 Å². The van der Waals surface area contributed by atoms with E-state index < -0.39 is 0 Å². The lowest BCUT2D eigenvalue weighted by Gasteiger charge is -2.06. The van der Waals surface area contributed by atoms with Crippen molar-refractivity contribution in [1.82, 2.24) is 9.97 Å². The molecule has 18 heavy (non-hydrogen) atoms. The van der Waals surface area contributed by atoms with Crippen LogP contribution in [0, 0.1) is 0 Å². The number of aromatic nitrogens is 2. The maximum atomic E-state index is 5.84. The van der Waals surface area contributed by atoms with Crippen molar-refractivity contribution < 1.29 is 0 Å². The predicted octanol–water partition coefficient (Wildman–Crippen LogP) is 4.03. The van der Waals surface area contributed by atoms with Crippen LogP contribution in [0.1, 0.15) is 0 Å². The zero-order valence-electron chi connectivity index (χ0n) is 9.47. The number of nitrogens with one attached hydrogen (secondary N) is 1.